The number of rotatable bonds is 5. The minimum Gasteiger partial charge on any atom is -0.481 e. The number of carboxylic acids is 1. The molecule has 3 rings (SSSR count). The Labute approximate surface area is 139 Å². The fraction of sp³-hybridized carbons (Fsp3) is 0.471. The van der Waals surface area contributed by atoms with Gasteiger partial charge in [0.2, 0.25) is 0 Å². The molecule has 0 saturated heterocycles. The van der Waals surface area contributed by atoms with Crippen LogP contribution in [0.5, 0.6) is 0 Å². The lowest BCUT2D eigenvalue weighted by atomic mass is 9.71. The van der Waals surface area contributed by atoms with E-state index in [1.165, 1.54) is 29.5 Å². The third-order valence-electron chi connectivity index (χ3n) is 5.36. The number of benzene rings is 1. The third kappa shape index (κ3) is 2.69. The summed E-state index contributed by atoms with van der Waals surface area (Å²) in [6, 6.07) is 6.08. The molecule has 2 aromatic rings. The number of aliphatic hydroxyl groups is 1. The van der Waals surface area contributed by atoms with Crippen LogP contribution < -0.4 is 0 Å². The van der Waals surface area contributed by atoms with Crippen LogP contribution in [0.4, 0.5) is 4.39 Å². The molecule has 0 amide bonds. The molecular weight excluding hydrogens is 313 g/mol. The van der Waals surface area contributed by atoms with E-state index < -0.39 is 17.0 Å². The molecule has 0 spiro atoms. The van der Waals surface area contributed by atoms with Gasteiger partial charge < -0.3 is 10.2 Å². The van der Waals surface area contributed by atoms with Gasteiger partial charge in [0.05, 0.1) is 12.0 Å². The zero-order valence-corrected chi connectivity index (χ0v) is 13.4. The molecule has 1 aliphatic carbocycles. The average Bonchev–Trinajstić information content (AvgIpc) is 3.12. The summed E-state index contributed by atoms with van der Waals surface area (Å²) < 4.78 is 14.6. The van der Waals surface area contributed by atoms with E-state index in [-0.39, 0.29) is 18.3 Å². The van der Waals surface area contributed by atoms with Crippen molar-refractivity contribution in [1.29, 1.82) is 0 Å². The van der Waals surface area contributed by atoms with Crippen molar-refractivity contribution < 1.29 is 19.4 Å². The maximum Gasteiger partial charge on any atom is 0.312 e. The average molecular weight is 333 g/mol. The van der Waals surface area contributed by atoms with Crippen molar-refractivity contribution in [2.75, 3.05) is 0 Å². The first-order valence-corrected chi connectivity index (χ1v) is 7.88. The second kappa shape index (κ2) is 5.98. The van der Waals surface area contributed by atoms with Gasteiger partial charge in [-0.1, -0.05) is 12.1 Å². The lowest BCUT2D eigenvalue weighted by Gasteiger charge is -2.40. The second-order valence-corrected chi connectivity index (χ2v) is 6.72. The number of carbonyl (C=O) groups is 1. The van der Waals surface area contributed by atoms with Crippen LogP contribution in [0.3, 0.4) is 0 Å². The lowest BCUT2D eigenvalue weighted by molar-refractivity contribution is -0.169. The zero-order chi connectivity index (χ0) is 17.4. The van der Waals surface area contributed by atoms with Gasteiger partial charge in [-0.3, -0.25) is 9.48 Å². The van der Waals surface area contributed by atoms with E-state index in [4.69, 9.17) is 0 Å². The van der Waals surface area contributed by atoms with Gasteiger partial charge in [0.1, 0.15) is 24.1 Å². The van der Waals surface area contributed by atoms with Gasteiger partial charge in [-0.25, -0.2) is 9.37 Å². The highest BCUT2D eigenvalue weighted by atomic mass is 19.1. The van der Waals surface area contributed by atoms with Gasteiger partial charge in [-0.2, -0.15) is 5.10 Å². The first kappa shape index (κ1) is 16.6. The van der Waals surface area contributed by atoms with E-state index in [0.717, 1.165) is 5.56 Å². The van der Waals surface area contributed by atoms with Crippen LogP contribution in [0.15, 0.2) is 36.9 Å². The summed E-state index contributed by atoms with van der Waals surface area (Å²) in [6.45, 7) is 1.64. The Balaban J connectivity index is 1.92. The standard InChI is InChI=1S/C17H20FN3O3/c1-16(15(22)23)7-6-13(8-12-2-4-14(18)5-3-12)17(16,24)9-21-11-19-10-20-21/h2-5,10-11,13,24H,6-9H2,1H3,(H,22,23)/t13-,16-,17+/m0/s1. The summed E-state index contributed by atoms with van der Waals surface area (Å²) >= 11 is 0. The molecule has 0 radical (unpaired) electrons. The molecule has 1 aromatic carbocycles. The molecule has 1 saturated carbocycles. The Kier molecular flexibility index (Phi) is 4.13. The van der Waals surface area contributed by atoms with E-state index in [1.807, 2.05) is 0 Å². The molecule has 3 atom stereocenters. The van der Waals surface area contributed by atoms with Crippen molar-refractivity contribution >= 4 is 5.97 Å². The summed E-state index contributed by atoms with van der Waals surface area (Å²) in [5.74, 6) is -1.61. The van der Waals surface area contributed by atoms with Crippen LogP contribution >= 0.6 is 0 Å². The largest absolute Gasteiger partial charge is 0.481 e. The van der Waals surface area contributed by atoms with E-state index >= 15 is 0 Å². The van der Waals surface area contributed by atoms with Crippen molar-refractivity contribution in [2.24, 2.45) is 11.3 Å². The molecule has 6 nitrogen and oxygen atoms in total. The molecule has 0 bridgehead atoms. The number of carboxylic acid groups (broad SMARTS) is 1. The minimum absolute atomic E-state index is 0.0572. The first-order chi connectivity index (χ1) is 11.3. The lowest BCUT2D eigenvalue weighted by Crippen LogP contribution is -2.54. The number of hydrogen-bond acceptors (Lipinski definition) is 4. The Morgan fingerprint density at radius 1 is 1.42 bits per heavy atom. The summed E-state index contributed by atoms with van der Waals surface area (Å²) in [5.41, 5.74) is -1.88. The van der Waals surface area contributed by atoms with Crippen molar-refractivity contribution in [3.63, 3.8) is 0 Å². The summed E-state index contributed by atoms with van der Waals surface area (Å²) in [5, 5.41) is 25.1. The van der Waals surface area contributed by atoms with Gasteiger partial charge in [0.25, 0.3) is 0 Å². The third-order valence-corrected chi connectivity index (χ3v) is 5.36. The van der Waals surface area contributed by atoms with Crippen molar-refractivity contribution in [1.82, 2.24) is 14.8 Å². The highest BCUT2D eigenvalue weighted by Gasteiger charge is 2.61. The monoisotopic (exact) mass is 333 g/mol. The minimum atomic E-state index is -1.47. The van der Waals surface area contributed by atoms with Crippen molar-refractivity contribution in [3.05, 3.63) is 48.3 Å². The Morgan fingerprint density at radius 3 is 2.71 bits per heavy atom. The van der Waals surface area contributed by atoms with Gasteiger partial charge in [0.15, 0.2) is 0 Å². The molecular formula is C17H20FN3O3. The van der Waals surface area contributed by atoms with E-state index in [0.29, 0.717) is 19.3 Å². The molecule has 24 heavy (non-hydrogen) atoms. The van der Waals surface area contributed by atoms with Gasteiger partial charge >= 0.3 is 5.97 Å². The van der Waals surface area contributed by atoms with Crippen LogP contribution in [0.25, 0.3) is 0 Å². The van der Waals surface area contributed by atoms with Gasteiger partial charge in [0, 0.05) is 0 Å². The van der Waals surface area contributed by atoms with Crippen molar-refractivity contribution in [3.8, 4) is 0 Å². The van der Waals surface area contributed by atoms with Gasteiger partial charge in [-0.05, 0) is 49.8 Å². The summed E-state index contributed by atoms with van der Waals surface area (Å²) in [7, 11) is 0. The Hall–Kier alpha value is -2.28. The number of nitrogens with zero attached hydrogens (tertiary/aromatic N) is 3. The molecule has 0 aliphatic heterocycles. The van der Waals surface area contributed by atoms with E-state index in [2.05, 4.69) is 10.1 Å². The van der Waals surface area contributed by atoms with Crippen LogP contribution in [-0.4, -0.2) is 36.5 Å². The predicted octanol–water partition coefficient (Wildman–Crippen LogP) is 1.89. The Morgan fingerprint density at radius 2 is 2.12 bits per heavy atom. The molecule has 1 aliphatic rings. The highest BCUT2D eigenvalue weighted by Crippen LogP contribution is 2.52. The fourth-order valence-electron chi connectivity index (χ4n) is 3.70. The molecule has 1 aromatic heterocycles. The summed E-state index contributed by atoms with van der Waals surface area (Å²) in [6.07, 6.45) is 4.25. The molecule has 0 unspecified atom stereocenters. The number of halogens is 1. The molecule has 2 N–H and O–H groups in total. The fourth-order valence-corrected chi connectivity index (χ4v) is 3.70. The quantitative estimate of drug-likeness (QED) is 0.872. The SMILES string of the molecule is C[C@@]1(C(=O)O)CC[C@@H](Cc2ccc(F)cc2)[C@]1(O)Cn1cncn1. The van der Waals surface area contributed by atoms with Crippen LogP contribution in [0.1, 0.15) is 25.3 Å². The normalized spacial score (nSPS) is 29.7. The topological polar surface area (TPSA) is 88.2 Å². The van der Waals surface area contributed by atoms with E-state index in [9.17, 15) is 19.4 Å². The van der Waals surface area contributed by atoms with E-state index in [1.54, 1.807) is 19.1 Å². The van der Waals surface area contributed by atoms with Crippen LogP contribution in [-0.2, 0) is 17.8 Å². The number of hydrogen-bond donors (Lipinski definition) is 2. The smallest absolute Gasteiger partial charge is 0.312 e. The van der Waals surface area contributed by atoms with Crippen LogP contribution in [0, 0.1) is 17.2 Å². The second-order valence-electron chi connectivity index (χ2n) is 6.72. The molecule has 1 heterocycles. The van der Waals surface area contributed by atoms with Crippen molar-refractivity contribution in [2.45, 2.75) is 38.3 Å². The molecule has 128 valence electrons. The Bertz CT molecular complexity index is 719. The highest BCUT2D eigenvalue weighted by molar-refractivity contribution is 5.76. The maximum absolute atomic E-state index is 13.1. The zero-order valence-electron chi connectivity index (χ0n) is 13.4. The maximum atomic E-state index is 13.1. The van der Waals surface area contributed by atoms with Gasteiger partial charge in [-0.15, -0.1) is 0 Å². The first-order valence-electron chi connectivity index (χ1n) is 7.88. The molecule has 1 fully saturated rings. The summed E-state index contributed by atoms with van der Waals surface area (Å²) in [4.78, 5) is 15.7. The van der Waals surface area contributed by atoms with Crippen LogP contribution in [0.2, 0.25) is 0 Å². The predicted molar refractivity (Wildman–Crippen MR) is 83.5 cm³/mol. The number of aromatic nitrogens is 3. The molecule has 7 heteroatoms. The number of aliphatic carboxylic acids is 1.